The van der Waals surface area contributed by atoms with E-state index in [2.05, 4.69) is 17.3 Å². The molecule has 1 aliphatic heterocycles. The van der Waals surface area contributed by atoms with Crippen molar-refractivity contribution in [2.45, 2.75) is 83.1 Å². The second kappa shape index (κ2) is 7.46. The molecule has 2 heteroatoms. The van der Waals surface area contributed by atoms with E-state index in [1.165, 1.54) is 96.7 Å². The van der Waals surface area contributed by atoms with Crippen LogP contribution in [0.2, 0.25) is 0 Å². The summed E-state index contributed by atoms with van der Waals surface area (Å²) in [6, 6.07) is 0.776. The lowest BCUT2D eigenvalue weighted by atomic mass is 9.68. The molecule has 0 aromatic carbocycles. The van der Waals surface area contributed by atoms with E-state index >= 15 is 0 Å². The quantitative estimate of drug-likeness (QED) is 0.784. The van der Waals surface area contributed by atoms with Gasteiger partial charge in [0.25, 0.3) is 0 Å². The minimum Gasteiger partial charge on any atom is -0.317 e. The number of nitrogens with zero attached hydrogens (tertiary/aromatic N) is 1. The Morgan fingerprint density at radius 1 is 0.857 bits per heavy atom. The maximum Gasteiger partial charge on any atom is 0.0104 e. The van der Waals surface area contributed by atoms with Crippen LogP contribution in [0, 0.1) is 11.3 Å². The largest absolute Gasteiger partial charge is 0.317 e. The Bertz CT molecular complexity index is 299. The third kappa shape index (κ3) is 4.01. The molecular weight excluding hydrogens is 256 g/mol. The second-order valence-electron chi connectivity index (χ2n) is 8.15. The SMILES string of the molecule is CNC1CCCCCC1CN1CCC2(CCCCC2)CC1. The summed E-state index contributed by atoms with van der Waals surface area (Å²) in [6.45, 7) is 4.13. The van der Waals surface area contributed by atoms with Crippen LogP contribution in [0.1, 0.15) is 77.0 Å². The molecule has 0 aromatic heterocycles. The minimum absolute atomic E-state index is 0.764. The van der Waals surface area contributed by atoms with E-state index in [0.29, 0.717) is 0 Å². The maximum absolute atomic E-state index is 3.61. The van der Waals surface area contributed by atoms with Crippen molar-refractivity contribution in [2.75, 3.05) is 26.7 Å². The van der Waals surface area contributed by atoms with Crippen LogP contribution >= 0.6 is 0 Å². The van der Waals surface area contributed by atoms with E-state index < -0.39 is 0 Å². The highest BCUT2D eigenvalue weighted by molar-refractivity contribution is 4.90. The van der Waals surface area contributed by atoms with Gasteiger partial charge in [-0.3, -0.25) is 0 Å². The van der Waals surface area contributed by atoms with Gasteiger partial charge < -0.3 is 10.2 Å². The van der Waals surface area contributed by atoms with Gasteiger partial charge in [-0.05, 0) is 70.0 Å². The first-order valence-corrected chi connectivity index (χ1v) is 9.71. The average molecular weight is 293 g/mol. The second-order valence-corrected chi connectivity index (χ2v) is 8.15. The van der Waals surface area contributed by atoms with E-state index in [1.54, 1.807) is 0 Å². The molecule has 3 aliphatic rings. The van der Waals surface area contributed by atoms with Gasteiger partial charge in [0, 0.05) is 12.6 Å². The number of hydrogen-bond donors (Lipinski definition) is 1. The van der Waals surface area contributed by atoms with E-state index in [-0.39, 0.29) is 0 Å². The Labute approximate surface area is 132 Å². The molecule has 1 spiro atoms. The molecule has 0 radical (unpaired) electrons. The normalized spacial score (nSPS) is 34.7. The first-order chi connectivity index (χ1) is 10.3. The van der Waals surface area contributed by atoms with Gasteiger partial charge in [0.2, 0.25) is 0 Å². The lowest BCUT2D eigenvalue weighted by Gasteiger charge is -2.45. The van der Waals surface area contributed by atoms with Gasteiger partial charge in [-0.25, -0.2) is 0 Å². The molecule has 0 aromatic rings. The van der Waals surface area contributed by atoms with E-state index in [9.17, 15) is 0 Å². The third-order valence-electron chi connectivity index (χ3n) is 6.85. The van der Waals surface area contributed by atoms with Crippen molar-refractivity contribution in [3.8, 4) is 0 Å². The molecule has 2 saturated carbocycles. The van der Waals surface area contributed by atoms with Crippen LogP contribution in [0.5, 0.6) is 0 Å². The molecule has 1 heterocycles. The van der Waals surface area contributed by atoms with Crippen molar-refractivity contribution in [1.82, 2.24) is 10.2 Å². The highest BCUT2D eigenvalue weighted by Gasteiger charge is 2.36. The number of piperidine rings is 1. The van der Waals surface area contributed by atoms with Crippen molar-refractivity contribution in [2.24, 2.45) is 11.3 Å². The number of likely N-dealkylation sites (tertiary alicyclic amines) is 1. The summed E-state index contributed by atoms with van der Waals surface area (Å²) >= 11 is 0. The van der Waals surface area contributed by atoms with E-state index in [1.807, 2.05) is 0 Å². The molecule has 21 heavy (non-hydrogen) atoms. The van der Waals surface area contributed by atoms with Crippen molar-refractivity contribution >= 4 is 0 Å². The standard InChI is InChI=1S/C19H36N2/c1-20-18-9-5-2-4-8-17(18)16-21-14-12-19(13-15-21)10-6-3-7-11-19/h17-18,20H,2-16H2,1H3. The summed E-state index contributed by atoms with van der Waals surface area (Å²) in [5, 5.41) is 3.61. The molecular formula is C19H36N2. The molecule has 2 unspecified atom stereocenters. The summed E-state index contributed by atoms with van der Waals surface area (Å²) in [5.41, 5.74) is 0.764. The topological polar surface area (TPSA) is 15.3 Å². The Morgan fingerprint density at radius 2 is 1.52 bits per heavy atom. The zero-order valence-electron chi connectivity index (χ0n) is 14.2. The molecule has 3 rings (SSSR count). The van der Waals surface area contributed by atoms with Crippen molar-refractivity contribution in [3.05, 3.63) is 0 Å². The fraction of sp³-hybridized carbons (Fsp3) is 1.00. The Balaban J connectivity index is 1.49. The average Bonchev–Trinajstić information content (AvgIpc) is 2.76. The van der Waals surface area contributed by atoms with Gasteiger partial charge in [-0.15, -0.1) is 0 Å². The summed E-state index contributed by atoms with van der Waals surface area (Å²) in [7, 11) is 2.18. The molecule has 3 fully saturated rings. The molecule has 2 atom stereocenters. The number of hydrogen-bond acceptors (Lipinski definition) is 2. The number of rotatable bonds is 3. The van der Waals surface area contributed by atoms with Crippen molar-refractivity contribution < 1.29 is 0 Å². The Hall–Kier alpha value is -0.0800. The molecule has 2 nitrogen and oxygen atoms in total. The Morgan fingerprint density at radius 3 is 2.24 bits per heavy atom. The van der Waals surface area contributed by atoms with Crippen LogP contribution in [0.3, 0.4) is 0 Å². The van der Waals surface area contributed by atoms with Gasteiger partial charge in [0.1, 0.15) is 0 Å². The third-order valence-corrected chi connectivity index (χ3v) is 6.85. The predicted octanol–water partition coefficient (Wildman–Crippen LogP) is 4.20. The first kappa shape index (κ1) is 15.8. The van der Waals surface area contributed by atoms with Crippen LogP contribution in [0.25, 0.3) is 0 Å². The predicted molar refractivity (Wildman–Crippen MR) is 90.6 cm³/mol. The fourth-order valence-corrected chi connectivity index (χ4v) is 5.33. The van der Waals surface area contributed by atoms with Crippen LogP contribution < -0.4 is 5.32 Å². The molecule has 1 N–H and O–H groups in total. The lowest BCUT2D eigenvalue weighted by Crippen LogP contribution is -2.46. The van der Waals surface area contributed by atoms with E-state index in [0.717, 1.165) is 17.4 Å². The van der Waals surface area contributed by atoms with Gasteiger partial charge in [0.15, 0.2) is 0 Å². The molecule has 0 amide bonds. The molecule has 122 valence electrons. The van der Waals surface area contributed by atoms with Crippen molar-refractivity contribution in [3.63, 3.8) is 0 Å². The van der Waals surface area contributed by atoms with Gasteiger partial charge >= 0.3 is 0 Å². The summed E-state index contributed by atoms with van der Waals surface area (Å²) in [4.78, 5) is 2.81. The Kier molecular flexibility index (Phi) is 5.61. The van der Waals surface area contributed by atoms with E-state index in [4.69, 9.17) is 0 Å². The molecule has 1 saturated heterocycles. The summed E-state index contributed by atoms with van der Waals surface area (Å²) < 4.78 is 0. The number of nitrogens with one attached hydrogen (secondary N) is 1. The lowest BCUT2D eigenvalue weighted by molar-refractivity contribution is 0.0554. The molecule has 0 bridgehead atoms. The van der Waals surface area contributed by atoms with Gasteiger partial charge in [-0.2, -0.15) is 0 Å². The van der Waals surface area contributed by atoms with Crippen LogP contribution in [0.4, 0.5) is 0 Å². The summed E-state index contributed by atoms with van der Waals surface area (Å²) in [6.07, 6.45) is 17.8. The van der Waals surface area contributed by atoms with Crippen LogP contribution in [0.15, 0.2) is 0 Å². The van der Waals surface area contributed by atoms with Crippen molar-refractivity contribution in [1.29, 1.82) is 0 Å². The monoisotopic (exact) mass is 292 g/mol. The summed E-state index contributed by atoms with van der Waals surface area (Å²) in [5.74, 6) is 0.901. The molecule has 2 aliphatic carbocycles. The smallest absolute Gasteiger partial charge is 0.0104 e. The van der Waals surface area contributed by atoms with Gasteiger partial charge in [0.05, 0.1) is 0 Å². The van der Waals surface area contributed by atoms with Gasteiger partial charge in [-0.1, -0.05) is 38.5 Å². The zero-order chi connectivity index (χ0) is 14.5. The maximum atomic E-state index is 3.61. The highest BCUT2D eigenvalue weighted by Crippen LogP contribution is 2.44. The van der Waals surface area contributed by atoms with Crippen LogP contribution in [-0.4, -0.2) is 37.6 Å². The zero-order valence-corrected chi connectivity index (χ0v) is 14.2. The van der Waals surface area contributed by atoms with Crippen LogP contribution in [-0.2, 0) is 0 Å². The highest BCUT2D eigenvalue weighted by atomic mass is 15.1. The fourth-order valence-electron chi connectivity index (χ4n) is 5.33. The first-order valence-electron chi connectivity index (χ1n) is 9.71. The minimum atomic E-state index is 0.764.